The summed E-state index contributed by atoms with van der Waals surface area (Å²) in [6, 6.07) is 94.0. The molecule has 0 N–H and O–H groups in total. The summed E-state index contributed by atoms with van der Waals surface area (Å²) in [6.45, 7) is 0. The average Bonchev–Trinajstić information content (AvgIpc) is 3.88. The molecule has 0 radical (unpaired) electrons. The van der Waals surface area contributed by atoms with E-state index in [1.54, 1.807) is 0 Å². The van der Waals surface area contributed by atoms with Gasteiger partial charge in [0.15, 0.2) is 0 Å². The van der Waals surface area contributed by atoms with Crippen molar-refractivity contribution in [3.8, 4) is 22.3 Å². The van der Waals surface area contributed by atoms with Gasteiger partial charge in [0.2, 0.25) is 0 Å². The number of thiophene rings is 1. The van der Waals surface area contributed by atoms with Crippen LogP contribution in [-0.4, -0.2) is 0 Å². The smallest absolute Gasteiger partial charge is 0.0714 e. The molecule has 1 aliphatic carbocycles. The molecule has 11 aromatic rings. The second-order valence-corrected chi connectivity index (χ2v) is 17.9. The minimum atomic E-state index is -0.502. The molecule has 0 saturated carbocycles. The van der Waals surface area contributed by atoms with E-state index in [4.69, 9.17) is 0 Å². The summed E-state index contributed by atoms with van der Waals surface area (Å²) in [5.74, 6) is 0.139. The molecule has 0 aliphatic heterocycles. The molecule has 1 nitrogen and oxygen atoms in total. The van der Waals surface area contributed by atoms with E-state index in [1.807, 2.05) is 11.3 Å². The maximum Gasteiger partial charge on any atom is 0.0714 e. The summed E-state index contributed by atoms with van der Waals surface area (Å²) in [6.07, 6.45) is 0. The predicted molar refractivity (Wildman–Crippen MR) is 271 cm³/mol. The van der Waals surface area contributed by atoms with Crippen molar-refractivity contribution in [1.82, 2.24) is 0 Å². The van der Waals surface area contributed by atoms with Crippen molar-refractivity contribution >= 4 is 48.6 Å². The fourth-order valence-corrected chi connectivity index (χ4v) is 11.5. The highest BCUT2D eigenvalue weighted by Crippen LogP contribution is 2.57. The molecule has 64 heavy (non-hydrogen) atoms. The van der Waals surface area contributed by atoms with Crippen LogP contribution in [0.15, 0.2) is 255 Å². The number of anilines is 3. The van der Waals surface area contributed by atoms with Gasteiger partial charge in [-0.3, -0.25) is 0 Å². The van der Waals surface area contributed by atoms with E-state index < -0.39 is 5.41 Å². The number of fused-ring (bicyclic) bond motifs is 6. The summed E-state index contributed by atoms with van der Waals surface area (Å²) in [7, 11) is 0. The molecule has 1 aromatic heterocycles. The van der Waals surface area contributed by atoms with Crippen molar-refractivity contribution in [1.29, 1.82) is 0 Å². The van der Waals surface area contributed by atoms with Crippen molar-refractivity contribution in [2.24, 2.45) is 0 Å². The first kappa shape index (κ1) is 37.9. The Kier molecular flexibility index (Phi) is 9.39. The van der Waals surface area contributed by atoms with Crippen LogP contribution in [0.1, 0.15) is 44.9 Å². The van der Waals surface area contributed by atoms with Crippen LogP contribution in [-0.2, 0) is 5.41 Å². The second-order valence-electron chi connectivity index (χ2n) is 16.8. The van der Waals surface area contributed by atoms with Crippen molar-refractivity contribution in [3.05, 3.63) is 294 Å². The van der Waals surface area contributed by atoms with Gasteiger partial charge in [0.05, 0.1) is 5.41 Å². The van der Waals surface area contributed by atoms with E-state index in [2.05, 4.69) is 260 Å². The van der Waals surface area contributed by atoms with Gasteiger partial charge in [-0.25, -0.2) is 0 Å². The van der Waals surface area contributed by atoms with Crippen LogP contribution >= 0.6 is 11.3 Å². The number of hydrogen-bond donors (Lipinski definition) is 0. The minimum Gasteiger partial charge on any atom is -0.310 e. The SMILES string of the molecule is c1ccc(-c2ccc(N(c3ccc4c(c3)C(c3ccccc3)(c3ccccc3)c3ccccc3-4)c3ccc4c(c3)sc3ccc(C(c5ccccc5)c5ccccc5)cc34)cc2)cc1. The molecule has 1 aliphatic rings. The third-order valence-electron chi connectivity index (χ3n) is 13.3. The molecule has 0 spiro atoms. The molecule has 0 fully saturated rings. The highest BCUT2D eigenvalue weighted by atomic mass is 32.1. The van der Waals surface area contributed by atoms with E-state index >= 15 is 0 Å². The topological polar surface area (TPSA) is 3.24 Å². The Bertz CT molecular complexity index is 3330. The Labute approximate surface area is 378 Å². The van der Waals surface area contributed by atoms with Gasteiger partial charge < -0.3 is 4.90 Å². The first-order chi connectivity index (χ1) is 31.7. The molecular formula is C62H43NS. The Morgan fingerprint density at radius 3 is 1.50 bits per heavy atom. The van der Waals surface area contributed by atoms with E-state index in [0.717, 1.165) is 17.1 Å². The lowest BCUT2D eigenvalue weighted by Crippen LogP contribution is -2.28. The molecule has 12 rings (SSSR count). The number of hydrogen-bond acceptors (Lipinski definition) is 2. The Hall–Kier alpha value is -7.78. The van der Waals surface area contributed by atoms with Crippen LogP contribution in [0.5, 0.6) is 0 Å². The van der Waals surface area contributed by atoms with Gasteiger partial charge in [0, 0.05) is 43.2 Å². The zero-order valence-corrected chi connectivity index (χ0v) is 36.0. The number of rotatable bonds is 9. The first-order valence-corrected chi connectivity index (χ1v) is 22.9. The van der Waals surface area contributed by atoms with Crippen LogP contribution in [0.3, 0.4) is 0 Å². The van der Waals surface area contributed by atoms with Crippen molar-refractivity contribution < 1.29 is 0 Å². The predicted octanol–water partition coefficient (Wildman–Crippen LogP) is 16.7. The maximum absolute atomic E-state index is 2.47. The quantitative estimate of drug-likeness (QED) is 0.131. The number of benzene rings is 10. The van der Waals surface area contributed by atoms with Crippen LogP contribution in [0.2, 0.25) is 0 Å². The van der Waals surface area contributed by atoms with E-state index in [9.17, 15) is 0 Å². The van der Waals surface area contributed by atoms with E-state index in [1.165, 1.54) is 81.4 Å². The molecule has 0 unspecified atom stereocenters. The summed E-state index contributed by atoms with van der Waals surface area (Å²) >= 11 is 1.87. The van der Waals surface area contributed by atoms with Crippen LogP contribution in [0, 0.1) is 0 Å². The molecular weight excluding hydrogens is 791 g/mol. The Morgan fingerprint density at radius 2 is 0.844 bits per heavy atom. The largest absolute Gasteiger partial charge is 0.310 e. The second kappa shape index (κ2) is 15.8. The lowest BCUT2D eigenvalue weighted by Gasteiger charge is -2.35. The first-order valence-electron chi connectivity index (χ1n) is 22.1. The fraction of sp³-hybridized carbons (Fsp3) is 0.0323. The monoisotopic (exact) mass is 833 g/mol. The van der Waals surface area contributed by atoms with Crippen molar-refractivity contribution in [2.75, 3.05) is 4.90 Å². The molecule has 1 heterocycles. The molecule has 2 heteroatoms. The normalized spacial score (nSPS) is 12.6. The highest BCUT2D eigenvalue weighted by Gasteiger charge is 2.46. The molecule has 0 amide bonds. The highest BCUT2D eigenvalue weighted by molar-refractivity contribution is 7.25. The van der Waals surface area contributed by atoms with Crippen molar-refractivity contribution in [2.45, 2.75) is 11.3 Å². The molecule has 302 valence electrons. The number of nitrogens with zero attached hydrogens (tertiary/aromatic N) is 1. The average molecular weight is 834 g/mol. The van der Waals surface area contributed by atoms with Crippen molar-refractivity contribution in [3.63, 3.8) is 0 Å². The lowest BCUT2D eigenvalue weighted by molar-refractivity contribution is 0.768. The zero-order chi connectivity index (χ0) is 42.5. The zero-order valence-electron chi connectivity index (χ0n) is 35.2. The molecule has 0 bridgehead atoms. The Balaban J connectivity index is 1.04. The lowest BCUT2D eigenvalue weighted by atomic mass is 9.67. The van der Waals surface area contributed by atoms with Gasteiger partial charge in [-0.15, -0.1) is 11.3 Å². The van der Waals surface area contributed by atoms with Gasteiger partial charge >= 0.3 is 0 Å². The molecule has 0 atom stereocenters. The minimum absolute atomic E-state index is 0.139. The standard InChI is InChI=1S/C62H43NS/c1-6-18-43(19-7-1)44-30-33-50(34-31-44)63(51-35-37-54-53-28-16-17-29-57(53)62(58(54)41-51,48-24-12-4-13-25-48)49-26-14-5-15-27-49)52-36-38-55-56-40-47(32-39-59(56)64-60(55)42-52)61(45-20-8-2-9-21-45)46-22-10-3-11-23-46/h1-42,61H. The molecule has 10 aromatic carbocycles. The van der Waals surface area contributed by atoms with Crippen LogP contribution in [0.4, 0.5) is 17.1 Å². The third-order valence-corrected chi connectivity index (χ3v) is 14.4. The van der Waals surface area contributed by atoms with Crippen LogP contribution < -0.4 is 4.90 Å². The van der Waals surface area contributed by atoms with E-state index in [-0.39, 0.29) is 5.92 Å². The van der Waals surface area contributed by atoms with Gasteiger partial charge in [0.1, 0.15) is 0 Å². The van der Waals surface area contributed by atoms with Gasteiger partial charge in [0.25, 0.3) is 0 Å². The summed E-state index contributed by atoms with van der Waals surface area (Å²) in [5, 5.41) is 2.58. The summed E-state index contributed by atoms with van der Waals surface area (Å²) < 4.78 is 2.56. The molecule has 0 saturated heterocycles. The third kappa shape index (κ3) is 6.29. The summed E-state index contributed by atoms with van der Waals surface area (Å²) in [5.41, 5.74) is 16.8. The van der Waals surface area contributed by atoms with Gasteiger partial charge in [-0.2, -0.15) is 0 Å². The van der Waals surface area contributed by atoms with E-state index in [0.29, 0.717) is 0 Å². The van der Waals surface area contributed by atoms with Gasteiger partial charge in [-0.1, -0.05) is 206 Å². The fourth-order valence-electron chi connectivity index (χ4n) is 10.4. The summed E-state index contributed by atoms with van der Waals surface area (Å²) in [4.78, 5) is 2.45. The Morgan fingerprint density at radius 1 is 0.328 bits per heavy atom. The maximum atomic E-state index is 2.47. The van der Waals surface area contributed by atoms with Crippen LogP contribution in [0.25, 0.3) is 42.4 Å². The van der Waals surface area contributed by atoms with Gasteiger partial charge in [-0.05, 0) is 110 Å².